The van der Waals surface area contributed by atoms with E-state index in [0.717, 1.165) is 10.9 Å². The topological polar surface area (TPSA) is 97.5 Å². The number of hydrogen-bond donors (Lipinski definition) is 0. The van der Waals surface area contributed by atoms with E-state index < -0.39 is 0 Å². The molecule has 0 aliphatic heterocycles. The van der Waals surface area contributed by atoms with E-state index in [1.807, 2.05) is 48.5 Å². The lowest BCUT2D eigenvalue weighted by Crippen LogP contribution is -2.25. The molecule has 9 heteroatoms. The quantitative estimate of drug-likeness (QED) is 0.243. The number of methoxy groups -OCH3 is 2. The Hall–Kier alpha value is -4.76. The summed E-state index contributed by atoms with van der Waals surface area (Å²) in [7, 11) is 3.21. The predicted octanol–water partition coefficient (Wildman–Crippen LogP) is 4.76. The Morgan fingerprint density at radius 3 is 2.46 bits per heavy atom. The zero-order valence-electron chi connectivity index (χ0n) is 22.0. The molecule has 0 bridgehead atoms. The van der Waals surface area contributed by atoms with E-state index in [9.17, 15) is 9.59 Å². The Kier molecular flexibility index (Phi) is 7.51. The van der Waals surface area contributed by atoms with Crippen molar-refractivity contribution >= 4 is 16.7 Å². The van der Waals surface area contributed by atoms with Crippen molar-refractivity contribution in [2.75, 3.05) is 20.8 Å². The Bertz CT molecular complexity index is 1670. The van der Waals surface area contributed by atoms with E-state index in [2.05, 4.69) is 9.97 Å². The molecule has 0 radical (unpaired) electrons. The van der Waals surface area contributed by atoms with E-state index in [0.29, 0.717) is 47.5 Å². The van der Waals surface area contributed by atoms with Gasteiger partial charge in [-0.1, -0.05) is 18.2 Å². The van der Waals surface area contributed by atoms with Crippen LogP contribution in [0.2, 0.25) is 0 Å². The molecule has 0 aliphatic rings. The highest BCUT2D eigenvalue weighted by atomic mass is 16.5. The molecular formula is C30H28N4O5. The average molecular weight is 525 g/mol. The molecule has 5 aromatic rings. The summed E-state index contributed by atoms with van der Waals surface area (Å²) in [4.78, 5) is 35.6. The minimum absolute atomic E-state index is 0.0164. The molecule has 2 aromatic carbocycles. The highest BCUT2D eigenvalue weighted by Crippen LogP contribution is 2.30. The molecule has 0 unspecified atom stereocenters. The Balaban J connectivity index is 1.38. The first-order valence-corrected chi connectivity index (χ1v) is 12.5. The SMILES string of the molecule is COCCn1c(C)c(C(=O)Cc2ccc(Oc3ccnc4cc(OC)ccc34)cn2)c(=O)n1-c1ccccc1. The van der Waals surface area contributed by atoms with Crippen LogP contribution in [-0.2, 0) is 17.7 Å². The Morgan fingerprint density at radius 2 is 1.74 bits per heavy atom. The van der Waals surface area contributed by atoms with Crippen molar-refractivity contribution in [3.63, 3.8) is 0 Å². The van der Waals surface area contributed by atoms with Gasteiger partial charge in [0.1, 0.15) is 22.8 Å². The van der Waals surface area contributed by atoms with Crippen LogP contribution in [0.1, 0.15) is 21.7 Å². The first-order chi connectivity index (χ1) is 19.0. The monoisotopic (exact) mass is 524 g/mol. The summed E-state index contributed by atoms with van der Waals surface area (Å²) in [6.45, 7) is 2.61. The fraction of sp³-hybridized carbons (Fsp3) is 0.200. The van der Waals surface area contributed by atoms with E-state index >= 15 is 0 Å². The standard InChI is InChI=1S/C30H28N4O5/c1-20-29(30(36)34(33(20)15-16-37-2)22-7-5-4-6-8-22)27(35)17-21-9-10-24(19-32-21)39-28-13-14-31-26-18-23(38-3)11-12-25(26)28/h4-14,18-19H,15-17H2,1-3H3. The highest BCUT2D eigenvalue weighted by Gasteiger charge is 2.24. The van der Waals surface area contributed by atoms with E-state index in [-0.39, 0.29) is 23.3 Å². The number of benzene rings is 2. The zero-order valence-corrected chi connectivity index (χ0v) is 22.0. The summed E-state index contributed by atoms with van der Waals surface area (Å²) in [6, 6.07) is 20.1. The number of nitrogens with zero attached hydrogens (tertiary/aromatic N) is 4. The van der Waals surface area contributed by atoms with Crippen molar-refractivity contribution in [3.8, 4) is 22.9 Å². The molecule has 0 saturated carbocycles. The molecule has 198 valence electrons. The van der Waals surface area contributed by atoms with Gasteiger partial charge in [0.05, 0.1) is 44.1 Å². The van der Waals surface area contributed by atoms with Crippen LogP contribution < -0.4 is 15.0 Å². The molecule has 0 fully saturated rings. The van der Waals surface area contributed by atoms with Crippen molar-refractivity contribution in [1.82, 2.24) is 19.3 Å². The number of rotatable bonds is 10. The van der Waals surface area contributed by atoms with Gasteiger partial charge < -0.3 is 14.2 Å². The van der Waals surface area contributed by atoms with Crippen molar-refractivity contribution in [2.45, 2.75) is 19.9 Å². The molecule has 39 heavy (non-hydrogen) atoms. The van der Waals surface area contributed by atoms with Gasteiger partial charge in [-0.25, -0.2) is 4.68 Å². The third-order valence-electron chi connectivity index (χ3n) is 6.46. The summed E-state index contributed by atoms with van der Waals surface area (Å²) >= 11 is 0. The third kappa shape index (κ3) is 5.30. The van der Waals surface area contributed by atoms with E-state index in [4.69, 9.17) is 14.2 Å². The lowest BCUT2D eigenvalue weighted by atomic mass is 10.1. The van der Waals surface area contributed by atoms with Gasteiger partial charge in [-0.2, -0.15) is 0 Å². The van der Waals surface area contributed by atoms with Gasteiger partial charge in [0.15, 0.2) is 5.78 Å². The van der Waals surface area contributed by atoms with Crippen molar-refractivity contribution in [1.29, 1.82) is 0 Å². The van der Waals surface area contributed by atoms with Crippen LogP contribution in [0.15, 0.2) is 83.9 Å². The Morgan fingerprint density at radius 1 is 0.949 bits per heavy atom. The molecule has 0 N–H and O–H groups in total. The highest BCUT2D eigenvalue weighted by molar-refractivity contribution is 5.98. The summed E-state index contributed by atoms with van der Waals surface area (Å²) in [5.74, 6) is 1.56. The zero-order chi connectivity index (χ0) is 27.4. The largest absolute Gasteiger partial charge is 0.497 e. The number of fused-ring (bicyclic) bond motifs is 1. The lowest BCUT2D eigenvalue weighted by molar-refractivity contribution is 0.0990. The van der Waals surface area contributed by atoms with Crippen LogP contribution in [0.3, 0.4) is 0 Å². The number of hydrogen-bond acceptors (Lipinski definition) is 7. The van der Waals surface area contributed by atoms with Gasteiger partial charge in [-0.05, 0) is 49.4 Å². The van der Waals surface area contributed by atoms with Gasteiger partial charge in [-0.15, -0.1) is 0 Å². The number of pyridine rings is 2. The molecule has 3 heterocycles. The number of Topliss-reactive ketones (excluding diaryl/α,β-unsaturated/α-hetero) is 1. The summed E-state index contributed by atoms with van der Waals surface area (Å²) in [5, 5.41) is 0.834. The number of para-hydroxylation sites is 1. The van der Waals surface area contributed by atoms with Crippen molar-refractivity contribution < 1.29 is 19.0 Å². The molecule has 0 amide bonds. The lowest BCUT2D eigenvalue weighted by Gasteiger charge is -2.13. The maximum Gasteiger partial charge on any atom is 0.282 e. The van der Waals surface area contributed by atoms with Crippen LogP contribution in [0.4, 0.5) is 0 Å². The van der Waals surface area contributed by atoms with E-state index in [1.54, 1.807) is 56.4 Å². The molecule has 0 spiro atoms. The second-order valence-electron chi connectivity index (χ2n) is 8.91. The van der Waals surface area contributed by atoms with Crippen LogP contribution >= 0.6 is 0 Å². The maximum absolute atomic E-state index is 13.4. The second kappa shape index (κ2) is 11.3. The summed E-state index contributed by atoms with van der Waals surface area (Å²) < 4.78 is 19.9. The van der Waals surface area contributed by atoms with Crippen LogP contribution in [0.5, 0.6) is 17.2 Å². The average Bonchev–Trinajstić information content (AvgIpc) is 3.21. The van der Waals surface area contributed by atoms with Crippen LogP contribution in [0.25, 0.3) is 16.6 Å². The maximum atomic E-state index is 13.4. The fourth-order valence-electron chi connectivity index (χ4n) is 4.52. The molecule has 9 nitrogen and oxygen atoms in total. The van der Waals surface area contributed by atoms with Crippen LogP contribution in [0, 0.1) is 6.92 Å². The number of ether oxygens (including phenoxy) is 3. The fourth-order valence-corrected chi connectivity index (χ4v) is 4.52. The summed E-state index contributed by atoms with van der Waals surface area (Å²) in [5.41, 5.74) is 2.34. The first kappa shape index (κ1) is 25.9. The normalized spacial score (nSPS) is 11.1. The van der Waals surface area contributed by atoms with E-state index in [1.165, 1.54) is 4.68 Å². The van der Waals surface area contributed by atoms with Gasteiger partial charge >= 0.3 is 0 Å². The molecule has 3 aromatic heterocycles. The van der Waals surface area contributed by atoms with Crippen molar-refractivity contribution in [3.05, 3.63) is 106 Å². The molecule has 0 aliphatic carbocycles. The second-order valence-corrected chi connectivity index (χ2v) is 8.91. The first-order valence-electron chi connectivity index (χ1n) is 12.5. The number of aromatic nitrogens is 4. The molecule has 0 atom stereocenters. The van der Waals surface area contributed by atoms with Gasteiger partial charge in [-0.3, -0.25) is 24.2 Å². The number of carbonyl (C=O) groups is 1. The van der Waals surface area contributed by atoms with Crippen molar-refractivity contribution in [2.24, 2.45) is 0 Å². The summed E-state index contributed by atoms with van der Waals surface area (Å²) in [6.07, 6.45) is 3.22. The van der Waals surface area contributed by atoms with Crippen LogP contribution in [-0.4, -0.2) is 45.9 Å². The number of ketones is 1. The predicted molar refractivity (Wildman–Crippen MR) is 147 cm³/mol. The number of carbonyl (C=O) groups excluding carboxylic acids is 1. The molecule has 5 rings (SSSR count). The minimum Gasteiger partial charge on any atom is -0.497 e. The smallest absolute Gasteiger partial charge is 0.282 e. The third-order valence-corrected chi connectivity index (χ3v) is 6.46. The van der Waals surface area contributed by atoms with Gasteiger partial charge in [0.2, 0.25) is 0 Å². The van der Waals surface area contributed by atoms with Gasteiger partial charge in [0.25, 0.3) is 5.56 Å². The van der Waals surface area contributed by atoms with Gasteiger partial charge in [0, 0.05) is 36.1 Å². The minimum atomic E-state index is -0.360. The molecule has 0 saturated heterocycles. The molecular weight excluding hydrogens is 496 g/mol. The Labute approximate surface area is 225 Å².